The van der Waals surface area contributed by atoms with Gasteiger partial charge in [-0.1, -0.05) is 41.5 Å². The van der Waals surface area contributed by atoms with Crippen LogP contribution in [0.3, 0.4) is 0 Å². The molecule has 1 aromatic heterocycles. The summed E-state index contributed by atoms with van der Waals surface area (Å²) in [5, 5.41) is 22.2. The van der Waals surface area contributed by atoms with Crippen LogP contribution in [0.1, 0.15) is 63.9 Å². The molecule has 1 fully saturated rings. The van der Waals surface area contributed by atoms with Gasteiger partial charge in [0.15, 0.2) is 0 Å². The minimum atomic E-state index is -0.216. The number of phenolic OH excluding ortho intramolecular Hbond substituents is 1. The van der Waals surface area contributed by atoms with E-state index >= 15 is 0 Å². The quantitative estimate of drug-likeness (QED) is 0.183. The number of rotatable bonds is 5. The molecule has 0 bridgehead atoms. The zero-order chi connectivity index (χ0) is 28.4. The Morgan fingerprint density at radius 1 is 0.949 bits per heavy atom. The summed E-state index contributed by atoms with van der Waals surface area (Å²) in [4.78, 5) is 20.2. The summed E-state index contributed by atoms with van der Waals surface area (Å²) in [6, 6.07) is 15.8. The molecule has 7 nitrogen and oxygen atoms in total. The van der Waals surface area contributed by atoms with Crippen molar-refractivity contribution in [3.8, 4) is 5.75 Å². The molecule has 1 amide bonds. The van der Waals surface area contributed by atoms with E-state index in [-0.39, 0.29) is 16.7 Å². The predicted molar refractivity (Wildman–Crippen MR) is 161 cm³/mol. The molecule has 4 N–H and O–H groups in total. The van der Waals surface area contributed by atoms with Gasteiger partial charge in [0, 0.05) is 61.0 Å². The Hall–Kier alpha value is -4.00. The number of aromatic nitrogens is 1. The Morgan fingerprint density at radius 3 is 2.05 bits per heavy atom. The minimum Gasteiger partial charge on any atom is -0.507 e. The van der Waals surface area contributed by atoms with Gasteiger partial charge in [-0.05, 0) is 71.0 Å². The van der Waals surface area contributed by atoms with E-state index in [9.17, 15) is 9.90 Å². The van der Waals surface area contributed by atoms with Crippen LogP contribution in [0.5, 0.6) is 5.75 Å². The van der Waals surface area contributed by atoms with E-state index in [1.807, 2.05) is 59.5 Å². The van der Waals surface area contributed by atoms with Gasteiger partial charge < -0.3 is 25.2 Å². The maximum atomic E-state index is 13.0. The second-order valence-corrected chi connectivity index (χ2v) is 12.2. The number of phenols is 1. The maximum absolute atomic E-state index is 13.0. The fraction of sp³-hybridized carbons (Fsp3) is 0.375. The van der Waals surface area contributed by atoms with Crippen LogP contribution in [0.15, 0.2) is 60.8 Å². The van der Waals surface area contributed by atoms with Crippen molar-refractivity contribution < 1.29 is 9.90 Å². The SMILES string of the molecule is CC(C)(C)c1cc(C=CC(=O)N2CCN(c3ccc(NC(=N)c4ccc[nH]4)cc3)CC2)cc(C(C)(C)C)c1O. The monoisotopic (exact) mass is 527 g/mol. The lowest BCUT2D eigenvalue weighted by Crippen LogP contribution is -2.48. The number of aromatic hydroxyl groups is 1. The van der Waals surface area contributed by atoms with E-state index in [0.717, 1.165) is 46.8 Å². The van der Waals surface area contributed by atoms with Crippen molar-refractivity contribution in [2.75, 3.05) is 36.4 Å². The van der Waals surface area contributed by atoms with Crippen molar-refractivity contribution in [3.63, 3.8) is 0 Å². The highest BCUT2D eigenvalue weighted by Gasteiger charge is 2.26. The number of nitrogens with zero attached hydrogens (tertiary/aromatic N) is 2. The molecule has 2 aromatic carbocycles. The molecule has 0 saturated carbocycles. The lowest BCUT2D eigenvalue weighted by Gasteiger charge is -2.35. The van der Waals surface area contributed by atoms with Crippen LogP contribution in [0.4, 0.5) is 11.4 Å². The normalized spacial score (nSPS) is 14.6. The molecule has 1 saturated heterocycles. The van der Waals surface area contributed by atoms with Crippen LogP contribution in [0.25, 0.3) is 6.08 Å². The van der Waals surface area contributed by atoms with Crippen LogP contribution in [-0.2, 0) is 15.6 Å². The molecule has 0 unspecified atom stereocenters. The summed E-state index contributed by atoms with van der Waals surface area (Å²) >= 11 is 0. The molecule has 206 valence electrons. The third kappa shape index (κ3) is 6.72. The molecule has 7 heteroatoms. The first-order chi connectivity index (χ1) is 18.3. The molecule has 0 radical (unpaired) electrons. The van der Waals surface area contributed by atoms with Crippen LogP contribution in [0, 0.1) is 5.41 Å². The molecule has 1 aliphatic heterocycles. The average Bonchev–Trinajstić information content (AvgIpc) is 3.42. The largest absolute Gasteiger partial charge is 0.507 e. The summed E-state index contributed by atoms with van der Waals surface area (Å²) in [7, 11) is 0. The number of amides is 1. The van der Waals surface area contributed by atoms with Gasteiger partial charge in [0.1, 0.15) is 11.6 Å². The van der Waals surface area contributed by atoms with Crippen LogP contribution in [-0.4, -0.2) is 52.9 Å². The summed E-state index contributed by atoms with van der Waals surface area (Å²) in [5.74, 6) is 0.668. The molecule has 39 heavy (non-hydrogen) atoms. The molecule has 1 aliphatic rings. The summed E-state index contributed by atoms with van der Waals surface area (Å²) in [5.41, 5.74) is 4.96. The second kappa shape index (κ2) is 11.0. The number of hydrogen-bond donors (Lipinski definition) is 4. The number of anilines is 2. The second-order valence-electron chi connectivity index (χ2n) is 12.2. The smallest absolute Gasteiger partial charge is 0.246 e. The van der Waals surface area contributed by atoms with Gasteiger partial charge in [-0.15, -0.1) is 0 Å². The highest BCUT2D eigenvalue weighted by atomic mass is 16.3. The molecule has 0 spiro atoms. The number of H-pyrrole nitrogens is 1. The lowest BCUT2D eigenvalue weighted by molar-refractivity contribution is -0.126. The van der Waals surface area contributed by atoms with Gasteiger partial charge in [0.05, 0.1) is 5.69 Å². The molecule has 3 aromatic rings. The van der Waals surface area contributed by atoms with Gasteiger partial charge in [-0.3, -0.25) is 10.2 Å². The third-order valence-electron chi connectivity index (χ3n) is 7.13. The molecule has 0 aliphatic carbocycles. The maximum Gasteiger partial charge on any atom is 0.246 e. The van der Waals surface area contributed by atoms with E-state index in [4.69, 9.17) is 5.41 Å². The van der Waals surface area contributed by atoms with Crippen molar-refractivity contribution in [2.45, 2.75) is 52.4 Å². The van der Waals surface area contributed by atoms with Crippen molar-refractivity contribution >= 4 is 29.2 Å². The number of aromatic amines is 1. The Bertz CT molecular complexity index is 1300. The van der Waals surface area contributed by atoms with Gasteiger partial charge in [0.25, 0.3) is 0 Å². The molecule has 2 heterocycles. The van der Waals surface area contributed by atoms with Crippen LogP contribution in [0.2, 0.25) is 0 Å². The molecule has 0 atom stereocenters. The zero-order valence-electron chi connectivity index (χ0n) is 23.9. The molecular formula is C32H41N5O2. The van der Waals surface area contributed by atoms with Crippen molar-refractivity contribution in [1.82, 2.24) is 9.88 Å². The third-order valence-corrected chi connectivity index (χ3v) is 7.13. The minimum absolute atomic E-state index is 0.000260. The first-order valence-electron chi connectivity index (χ1n) is 13.5. The van der Waals surface area contributed by atoms with E-state index in [1.165, 1.54) is 0 Å². The summed E-state index contributed by atoms with van der Waals surface area (Å²) < 4.78 is 0. The van der Waals surface area contributed by atoms with Crippen molar-refractivity contribution in [1.29, 1.82) is 5.41 Å². The average molecular weight is 528 g/mol. The highest BCUT2D eigenvalue weighted by molar-refractivity contribution is 6.04. The summed E-state index contributed by atoms with van der Waals surface area (Å²) in [6.45, 7) is 15.3. The zero-order valence-corrected chi connectivity index (χ0v) is 23.9. The number of carbonyl (C=O) groups excluding carboxylic acids is 1. The van der Waals surface area contributed by atoms with E-state index in [0.29, 0.717) is 24.7 Å². The van der Waals surface area contributed by atoms with Crippen LogP contribution < -0.4 is 10.2 Å². The van der Waals surface area contributed by atoms with E-state index in [1.54, 1.807) is 12.3 Å². The molecular weight excluding hydrogens is 486 g/mol. The van der Waals surface area contributed by atoms with Crippen molar-refractivity contribution in [3.05, 3.63) is 83.2 Å². The van der Waals surface area contributed by atoms with Gasteiger partial charge >= 0.3 is 0 Å². The predicted octanol–water partition coefficient (Wildman–Crippen LogP) is 6.11. The van der Waals surface area contributed by atoms with Gasteiger partial charge in [0.2, 0.25) is 5.91 Å². The number of hydrogen-bond acceptors (Lipinski definition) is 4. The topological polar surface area (TPSA) is 95.5 Å². The van der Waals surface area contributed by atoms with E-state index in [2.05, 4.69) is 56.7 Å². The van der Waals surface area contributed by atoms with Gasteiger partial charge in [-0.2, -0.15) is 0 Å². The fourth-order valence-electron chi connectivity index (χ4n) is 4.81. The Labute approximate surface area is 232 Å². The van der Waals surface area contributed by atoms with Crippen LogP contribution >= 0.6 is 0 Å². The number of benzene rings is 2. The number of carbonyl (C=O) groups is 1. The number of nitrogens with one attached hydrogen (secondary N) is 3. The Kier molecular flexibility index (Phi) is 7.91. The number of piperazine rings is 1. The lowest BCUT2D eigenvalue weighted by atomic mass is 9.78. The van der Waals surface area contributed by atoms with E-state index < -0.39 is 0 Å². The first kappa shape index (κ1) is 28.0. The first-order valence-corrected chi connectivity index (χ1v) is 13.5. The highest BCUT2D eigenvalue weighted by Crippen LogP contribution is 2.40. The fourth-order valence-corrected chi connectivity index (χ4v) is 4.81. The number of amidine groups is 1. The Balaban J connectivity index is 1.37. The van der Waals surface area contributed by atoms with Gasteiger partial charge in [-0.25, -0.2) is 0 Å². The summed E-state index contributed by atoms with van der Waals surface area (Å²) in [6.07, 6.45) is 5.32. The molecule has 4 rings (SSSR count). The Morgan fingerprint density at radius 2 is 1.54 bits per heavy atom. The van der Waals surface area contributed by atoms with Crippen molar-refractivity contribution in [2.24, 2.45) is 0 Å². The standard InChI is InChI=1S/C32H41N5O2/c1-31(2,3)25-20-22(21-26(29(25)39)32(4,5)6)9-14-28(38)37-18-16-36(17-19-37)24-12-10-23(11-13-24)35-30(33)27-8-7-15-34-27/h7-15,20-21,34,39H,16-19H2,1-6H3,(H2,33,35).